The van der Waals surface area contributed by atoms with E-state index in [1.165, 1.54) is 11.8 Å². The lowest BCUT2D eigenvalue weighted by molar-refractivity contribution is -0.113. The third kappa shape index (κ3) is 5.06. The van der Waals surface area contributed by atoms with Gasteiger partial charge in [0, 0.05) is 4.47 Å². The smallest absolute Gasteiger partial charge is 0.270 e. The molecule has 0 bridgehead atoms. The van der Waals surface area contributed by atoms with E-state index in [1.54, 1.807) is 12.0 Å². The van der Waals surface area contributed by atoms with Crippen molar-refractivity contribution in [1.29, 1.82) is 0 Å². The Kier molecular flexibility index (Phi) is 6.98. The number of carbonyl (C=O) groups excluding carboxylic acids is 1. The van der Waals surface area contributed by atoms with Gasteiger partial charge in [-0.05, 0) is 66.1 Å². The van der Waals surface area contributed by atoms with Gasteiger partial charge in [-0.1, -0.05) is 70.2 Å². The molecular weight excluding hydrogens is 506 g/mol. The number of anilines is 1. The molecule has 0 saturated carbocycles. The number of amides is 1. The van der Waals surface area contributed by atoms with Gasteiger partial charge in [-0.3, -0.25) is 9.69 Å². The van der Waals surface area contributed by atoms with Crippen LogP contribution in [0.15, 0.2) is 76.1 Å². The molecule has 3 aromatic rings. The predicted molar refractivity (Wildman–Crippen MR) is 138 cm³/mol. The number of ether oxygens (including phenoxy) is 2. The fourth-order valence-corrected chi connectivity index (χ4v) is 4.81. The quantitative estimate of drug-likeness (QED) is 0.263. The first kappa shape index (κ1) is 22.6. The number of carbonyl (C=O) groups is 1. The van der Waals surface area contributed by atoms with Gasteiger partial charge in [-0.25, -0.2) is 0 Å². The molecule has 162 valence electrons. The van der Waals surface area contributed by atoms with Crippen LogP contribution in [0.1, 0.15) is 16.7 Å². The largest absolute Gasteiger partial charge is 0.493 e. The highest BCUT2D eigenvalue weighted by atomic mass is 79.9. The monoisotopic (exact) mass is 525 g/mol. The van der Waals surface area contributed by atoms with Gasteiger partial charge in [0.1, 0.15) is 6.61 Å². The molecule has 3 aromatic carbocycles. The van der Waals surface area contributed by atoms with E-state index >= 15 is 0 Å². The average molecular weight is 526 g/mol. The summed E-state index contributed by atoms with van der Waals surface area (Å²) in [6.07, 6.45) is 1.83. The van der Waals surface area contributed by atoms with E-state index in [9.17, 15) is 4.79 Å². The first-order valence-corrected chi connectivity index (χ1v) is 11.9. The zero-order valence-electron chi connectivity index (χ0n) is 17.5. The lowest BCUT2D eigenvalue weighted by atomic mass is 10.1. The maximum atomic E-state index is 13.0. The van der Waals surface area contributed by atoms with E-state index in [0.29, 0.717) is 27.3 Å². The molecule has 1 fully saturated rings. The maximum Gasteiger partial charge on any atom is 0.270 e. The molecule has 0 aromatic heterocycles. The normalized spacial score (nSPS) is 14.8. The second kappa shape index (κ2) is 9.90. The van der Waals surface area contributed by atoms with E-state index in [1.807, 2.05) is 79.7 Å². The van der Waals surface area contributed by atoms with Crippen LogP contribution in [0.2, 0.25) is 0 Å². The first-order chi connectivity index (χ1) is 15.4. The highest BCUT2D eigenvalue weighted by Gasteiger charge is 2.33. The molecule has 4 nitrogen and oxygen atoms in total. The molecule has 7 heteroatoms. The molecule has 1 heterocycles. The molecule has 0 aliphatic carbocycles. The Morgan fingerprint density at radius 3 is 2.56 bits per heavy atom. The van der Waals surface area contributed by atoms with E-state index < -0.39 is 0 Å². The molecule has 1 saturated heterocycles. The topological polar surface area (TPSA) is 38.8 Å². The third-order valence-electron chi connectivity index (χ3n) is 4.85. The summed E-state index contributed by atoms with van der Waals surface area (Å²) < 4.78 is 13.0. The Balaban J connectivity index is 1.53. The lowest BCUT2D eigenvalue weighted by Crippen LogP contribution is -2.27. The van der Waals surface area contributed by atoms with Gasteiger partial charge in [0.2, 0.25) is 0 Å². The minimum absolute atomic E-state index is 0.125. The number of benzene rings is 3. The molecule has 0 atom stereocenters. The fraction of sp³-hybridized carbons (Fsp3) is 0.120. The number of thioether (sulfide) groups is 1. The van der Waals surface area contributed by atoms with Crippen LogP contribution < -0.4 is 14.4 Å². The predicted octanol–water partition coefficient (Wildman–Crippen LogP) is 6.75. The van der Waals surface area contributed by atoms with Crippen molar-refractivity contribution in [2.24, 2.45) is 0 Å². The van der Waals surface area contributed by atoms with Gasteiger partial charge >= 0.3 is 0 Å². The lowest BCUT2D eigenvalue weighted by Gasteiger charge is -2.14. The number of methoxy groups -OCH3 is 1. The van der Waals surface area contributed by atoms with Gasteiger partial charge in [-0.2, -0.15) is 0 Å². The van der Waals surface area contributed by atoms with E-state index in [0.717, 1.165) is 26.9 Å². The number of hydrogen-bond acceptors (Lipinski definition) is 5. The number of nitrogens with zero attached hydrogens (tertiary/aromatic N) is 1. The highest BCUT2D eigenvalue weighted by Crippen LogP contribution is 2.37. The molecule has 4 rings (SSSR count). The number of hydrogen-bond donors (Lipinski definition) is 0. The van der Waals surface area contributed by atoms with Crippen LogP contribution in [0.25, 0.3) is 6.08 Å². The number of rotatable bonds is 6. The van der Waals surface area contributed by atoms with Gasteiger partial charge in [0.05, 0.1) is 17.7 Å². The molecule has 32 heavy (non-hydrogen) atoms. The maximum absolute atomic E-state index is 13.0. The van der Waals surface area contributed by atoms with Crippen LogP contribution in [-0.2, 0) is 11.4 Å². The second-order valence-corrected chi connectivity index (χ2v) is 9.77. The minimum atomic E-state index is -0.125. The number of thiocarbonyl (C=S) groups is 1. The third-order valence-corrected chi connectivity index (χ3v) is 6.68. The Morgan fingerprint density at radius 1 is 1.06 bits per heavy atom. The second-order valence-electron chi connectivity index (χ2n) is 7.18. The molecule has 0 radical (unpaired) electrons. The average Bonchev–Trinajstić information content (AvgIpc) is 3.06. The molecule has 1 amide bonds. The van der Waals surface area contributed by atoms with Crippen molar-refractivity contribution in [2.45, 2.75) is 13.5 Å². The summed E-state index contributed by atoms with van der Waals surface area (Å²) in [5.41, 5.74) is 3.75. The molecule has 0 unspecified atom stereocenters. The van der Waals surface area contributed by atoms with E-state index in [-0.39, 0.29) is 5.91 Å². The summed E-state index contributed by atoms with van der Waals surface area (Å²) in [7, 11) is 1.60. The minimum Gasteiger partial charge on any atom is -0.493 e. The first-order valence-electron chi connectivity index (χ1n) is 9.84. The molecule has 0 spiro atoms. The Morgan fingerprint density at radius 2 is 1.84 bits per heavy atom. The summed E-state index contributed by atoms with van der Waals surface area (Å²) in [5.74, 6) is 1.12. The van der Waals surface area contributed by atoms with Crippen LogP contribution in [0, 0.1) is 6.92 Å². The van der Waals surface area contributed by atoms with Crippen molar-refractivity contribution >= 4 is 61.9 Å². The molecule has 0 N–H and O–H groups in total. The Labute approximate surface area is 205 Å². The van der Waals surface area contributed by atoms with Crippen LogP contribution in [0.3, 0.4) is 0 Å². The Bertz CT molecular complexity index is 1210. The van der Waals surface area contributed by atoms with Gasteiger partial charge in [0.25, 0.3) is 5.91 Å². The standard InChI is InChI=1S/C25H20BrNO3S2/c1-16-4-3-5-20(12-16)27-24(28)23(32-25(27)31)14-18-8-11-21(22(13-18)29-2)30-15-17-6-9-19(26)10-7-17/h3-14H,15H2,1-2H3/b23-14+. The van der Waals surface area contributed by atoms with E-state index in [2.05, 4.69) is 15.9 Å². The van der Waals surface area contributed by atoms with Crippen molar-refractivity contribution in [3.63, 3.8) is 0 Å². The van der Waals surface area contributed by atoms with Crippen molar-refractivity contribution in [3.05, 3.63) is 92.8 Å². The van der Waals surface area contributed by atoms with Crippen LogP contribution in [0.4, 0.5) is 5.69 Å². The van der Waals surface area contributed by atoms with Gasteiger partial charge in [0.15, 0.2) is 15.8 Å². The van der Waals surface area contributed by atoms with Crippen molar-refractivity contribution in [2.75, 3.05) is 12.0 Å². The van der Waals surface area contributed by atoms with Crippen LogP contribution in [0.5, 0.6) is 11.5 Å². The zero-order chi connectivity index (χ0) is 22.7. The summed E-state index contributed by atoms with van der Waals surface area (Å²) in [6.45, 7) is 2.42. The summed E-state index contributed by atoms with van der Waals surface area (Å²) in [4.78, 5) is 15.2. The SMILES string of the molecule is COc1cc(/C=C2/SC(=S)N(c3cccc(C)c3)C2=O)ccc1OCc1ccc(Br)cc1. The van der Waals surface area contributed by atoms with Gasteiger partial charge in [-0.15, -0.1) is 0 Å². The summed E-state index contributed by atoms with van der Waals surface area (Å²) in [6, 6.07) is 21.3. The highest BCUT2D eigenvalue weighted by molar-refractivity contribution is 9.10. The van der Waals surface area contributed by atoms with E-state index in [4.69, 9.17) is 21.7 Å². The van der Waals surface area contributed by atoms with Crippen molar-refractivity contribution in [1.82, 2.24) is 0 Å². The molecular formula is C25H20BrNO3S2. The fourth-order valence-electron chi connectivity index (χ4n) is 3.24. The summed E-state index contributed by atoms with van der Waals surface area (Å²) >= 11 is 10.2. The number of aryl methyl sites for hydroxylation is 1. The van der Waals surface area contributed by atoms with Crippen LogP contribution >= 0.6 is 39.9 Å². The Hall–Kier alpha value is -2.61. The number of halogens is 1. The zero-order valence-corrected chi connectivity index (χ0v) is 20.7. The van der Waals surface area contributed by atoms with Crippen LogP contribution in [-0.4, -0.2) is 17.3 Å². The van der Waals surface area contributed by atoms with Crippen molar-refractivity contribution < 1.29 is 14.3 Å². The van der Waals surface area contributed by atoms with Crippen molar-refractivity contribution in [3.8, 4) is 11.5 Å². The molecule has 1 aliphatic rings. The molecule has 1 aliphatic heterocycles. The van der Waals surface area contributed by atoms with Gasteiger partial charge < -0.3 is 9.47 Å². The summed E-state index contributed by atoms with van der Waals surface area (Å²) in [5, 5.41) is 0.